The van der Waals surface area contributed by atoms with Crippen molar-refractivity contribution in [1.82, 2.24) is 9.88 Å². The van der Waals surface area contributed by atoms with Gasteiger partial charge in [0.05, 0.1) is 0 Å². The van der Waals surface area contributed by atoms with Crippen LogP contribution in [0.3, 0.4) is 0 Å². The summed E-state index contributed by atoms with van der Waals surface area (Å²) in [6.07, 6.45) is 9.25. The number of hydrogen-bond acceptors (Lipinski definition) is 4. The second kappa shape index (κ2) is 6.60. The number of para-hydroxylation sites is 2. The van der Waals surface area contributed by atoms with E-state index in [1.165, 1.54) is 38.5 Å². The molecule has 5 rings (SSSR count). The van der Waals surface area contributed by atoms with E-state index in [-0.39, 0.29) is 5.92 Å². The third-order valence-electron chi connectivity index (χ3n) is 6.31. The zero-order chi connectivity index (χ0) is 17.5. The minimum Gasteiger partial charge on any atom is -0.423 e. The van der Waals surface area contributed by atoms with E-state index in [2.05, 4.69) is 14.8 Å². The highest BCUT2D eigenvalue weighted by molar-refractivity contribution is 5.80. The third-order valence-corrected chi connectivity index (χ3v) is 6.31. The molecule has 2 aromatic rings. The maximum atomic E-state index is 13.2. The Morgan fingerprint density at radius 2 is 1.69 bits per heavy atom. The van der Waals surface area contributed by atoms with Crippen molar-refractivity contribution in [3.63, 3.8) is 0 Å². The Hall–Kier alpha value is -2.04. The summed E-state index contributed by atoms with van der Waals surface area (Å²) in [7, 11) is 0. The number of amides is 1. The number of nitrogens with zero attached hydrogens (tertiary/aromatic N) is 3. The van der Waals surface area contributed by atoms with Gasteiger partial charge in [-0.2, -0.15) is 4.98 Å². The highest BCUT2D eigenvalue weighted by atomic mass is 16.4. The minimum atomic E-state index is 0.178. The van der Waals surface area contributed by atoms with E-state index in [4.69, 9.17) is 4.42 Å². The molecule has 0 radical (unpaired) electrons. The van der Waals surface area contributed by atoms with E-state index >= 15 is 0 Å². The van der Waals surface area contributed by atoms with Crippen LogP contribution < -0.4 is 4.90 Å². The van der Waals surface area contributed by atoms with Gasteiger partial charge in [-0.1, -0.05) is 25.0 Å². The van der Waals surface area contributed by atoms with E-state index in [1.54, 1.807) is 0 Å². The lowest BCUT2D eigenvalue weighted by Crippen LogP contribution is -2.47. The second-order valence-electron chi connectivity index (χ2n) is 8.14. The largest absolute Gasteiger partial charge is 0.423 e. The van der Waals surface area contributed by atoms with Gasteiger partial charge >= 0.3 is 0 Å². The van der Waals surface area contributed by atoms with Gasteiger partial charge in [-0.05, 0) is 50.7 Å². The molecule has 2 aliphatic carbocycles. The molecule has 3 aliphatic rings. The van der Waals surface area contributed by atoms with Crippen molar-refractivity contribution < 1.29 is 9.21 Å². The summed E-state index contributed by atoms with van der Waals surface area (Å²) in [5, 5.41) is 0. The first-order valence-corrected chi connectivity index (χ1v) is 10.2. The van der Waals surface area contributed by atoms with Crippen LogP contribution in [-0.2, 0) is 4.79 Å². The molecule has 1 saturated heterocycles. The lowest BCUT2D eigenvalue weighted by atomic mass is 9.94. The normalized spacial score (nSPS) is 22.2. The number of piperidine rings is 1. The van der Waals surface area contributed by atoms with E-state index in [9.17, 15) is 4.79 Å². The third kappa shape index (κ3) is 2.97. The van der Waals surface area contributed by atoms with Gasteiger partial charge in [0.2, 0.25) is 5.91 Å². The lowest BCUT2D eigenvalue weighted by molar-refractivity contribution is -0.139. The average molecular weight is 353 g/mol. The molecule has 0 unspecified atom stereocenters. The number of hydrogen-bond donors (Lipinski definition) is 0. The Morgan fingerprint density at radius 1 is 1.00 bits per heavy atom. The number of benzene rings is 1. The van der Waals surface area contributed by atoms with Gasteiger partial charge in [0.25, 0.3) is 6.01 Å². The molecule has 3 fully saturated rings. The zero-order valence-electron chi connectivity index (χ0n) is 15.3. The van der Waals surface area contributed by atoms with Gasteiger partial charge in [-0.15, -0.1) is 0 Å². The van der Waals surface area contributed by atoms with Crippen LogP contribution in [0.4, 0.5) is 6.01 Å². The van der Waals surface area contributed by atoms with Crippen LogP contribution in [0.25, 0.3) is 11.1 Å². The molecule has 1 aliphatic heterocycles. The van der Waals surface area contributed by atoms with Crippen LogP contribution in [0, 0.1) is 5.92 Å². The summed E-state index contributed by atoms with van der Waals surface area (Å²) in [6.45, 7) is 1.71. The number of fused-ring (bicyclic) bond motifs is 1. The Kier molecular flexibility index (Phi) is 4.10. The fourth-order valence-corrected chi connectivity index (χ4v) is 4.72. The van der Waals surface area contributed by atoms with Crippen molar-refractivity contribution in [2.75, 3.05) is 18.0 Å². The summed E-state index contributed by atoms with van der Waals surface area (Å²) >= 11 is 0. The van der Waals surface area contributed by atoms with Crippen LogP contribution in [0.1, 0.15) is 51.4 Å². The minimum absolute atomic E-state index is 0.178. The number of oxazole rings is 1. The highest BCUT2D eigenvalue weighted by Gasteiger charge is 2.41. The first-order valence-electron chi connectivity index (χ1n) is 10.2. The molecule has 138 valence electrons. The second-order valence-corrected chi connectivity index (χ2v) is 8.14. The molecular weight excluding hydrogens is 326 g/mol. The molecule has 0 spiro atoms. The molecule has 2 saturated carbocycles. The van der Waals surface area contributed by atoms with Crippen molar-refractivity contribution in [1.29, 1.82) is 0 Å². The Bertz CT molecular complexity index is 750. The lowest BCUT2D eigenvalue weighted by Gasteiger charge is -2.36. The smallest absolute Gasteiger partial charge is 0.298 e. The summed E-state index contributed by atoms with van der Waals surface area (Å²) in [4.78, 5) is 22.3. The molecular formula is C21H27N3O2. The molecule has 26 heavy (non-hydrogen) atoms. The van der Waals surface area contributed by atoms with Crippen LogP contribution >= 0.6 is 0 Å². The fourth-order valence-electron chi connectivity index (χ4n) is 4.72. The molecule has 1 amide bonds. The van der Waals surface area contributed by atoms with E-state index in [0.717, 1.165) is 37.0 Å². The molecule has 0 bridgehead atoms. The predicted octanol–water partition coefficient (Wildman–Crippen LogP) is 3.98. The Morgan fingerprint density at radius 3 is 2.38 bits per heavy atom. The Balaban J connectivity index is 1.25. The van der Waals surface area contributed by atoms with Crippen molar-refractivity contribution in [2.45, 2.75) is 63.5 Å². The molecule has 1 aromatic carbocycles. The number of carbonyl (C=O) groups excluding carboxylic acids is 1. The van der Waals surface area contributed by atoms with Gasteiger partial charge in [-0.3, -0.25) is 4.79 Å². The summed E-state index contributed by atoms with van der Waals surface area (Å²) < 4.78 is 5.90. The van der Waals surface area contributed by atoms with Gasteiger partial charge in [0.1, 0.15) is 5.52 Å². The maximum absolute atomic E-state index is 13.2. The van der Waals surface area contributed by atoms with Crippen LogP contribution in [0.15, 0.2) is 28.7 Å². The van der Waals surface area contributed by atoms with Gasteiger partial charge in [0.15, 0.2) is 5.58 Å². The maximum Gasteiger partial charge on any atom is 0.298 e. The number of aromatic nitrogens is 1. The topological polar surface area (TPSA) is 49.6 Å². The van der Waals surface area contributed by atoms with Crippen molar-refractivity contribution in [3.05, 3.63) is 24.3 Å². The standard InChI is InChI=1S/C21H27N3O2/c25-20(24(17-9-10-17)16-5-1-2-6-16)15-11-13-23(14-12-15)21-22-18-7-3-4-8-19(18)26-21/h3-4,7-8,15-17H,1-2,5-6,9-14H2. The monoisotopic (exact) mass is 353 g/mol. The van der Waals surface area contributed by atoms with E-state index in [1.807, 2.05) is 24.3 Å². The van der Waals surface area contributed by atoms with Crippen molar-refractivity contribution in [3.8, 4) is 0 Å². The molecule has 5 heteroatoms. The fraction of sp³-hybridized carbons (Fsp3) is 0.619. The number of rotatable bonds is 4. The SMILES string of the molecule is O=C(C1CCN(c2nc3ccccc3o2)CC1)N(C1CCCC1)C1CC1. The van der Waals surface area contributed by atoms with E-state index < -0.39 is 0 Å². The quantitative estimate of drug-likeness (QED) is 0.834. The highest BCUT2D eigenvalue weighted by Crippen LogP contribution is 2.37. The summed E-state index contributed by atoms with van der Waals surface area (Å²) in [6, 6.07) is 9.65. The Labute approximate surface area is 154 Å². The molecule has 1 aromatic heterocycles. The van der Waals surface area contributed by atoms with Gasteiger partial charge in [-0.25, -0.2) is 0 Å². The van der Waals surface area contributed by atoms with Gasteiger partial charge < -0.3 is 14.2 Å². The number of carbonyl (C=O) groups is 1. The summed E-state index contributed by atoms with van der Waals surface area (Å²) in [5.74, 6) is 0.605. The molecule has 0 N–H and O–H groups in total. The first kappa shape index (κ1) is 16.2. The van der Waals surface area contributed by atoms with Crippen LogP contribution in [0.5, 0.6) is 0 Å². The number of anilines is 1. The first-order chi connectivity index (χ1) is 12.8. The zero-order valence-corrected chi connectivity index (χ0v) is 15.3. The average Bonchev–Trinajstić information content (AvgIpc) is 3.19. The molecule has 5 nitrogen and oxygen atoms in total. The molecule has 0 atom stereocenters. The molecule has 2 heterocycles. The van der Waals surface area contributed by atoms with Crippen LogP contribution in [-0.4, -0.2) is 41.0 Å². The van der Waals surface area contributed by atoms with Crippen LogP contribution in [0.2, 0.25) is 0 Å². The predicted molar refractivity (Wildman–Crippen MR) is 101 cm³/mol. The van der Waals surface area contributed by atoms with Gasteiger partial charge in [0, 0.05) is 31.1 Å². The summed E-state index contributed by atoms with van der Waals surface area (Å²) in [5.41, 5.74) is 1.74. The van der Waals surface area contributed by atoms with E-state index in [0.29, 0.717) is 24.0 Å². The van der Waals surface area contributed by atoms with Crippen molar-refractivity contribution >= 4 is 23.0 Å². The van der Waals surface area contributed by atoms with Crippen molar-refractivity contribution in [2.24, 2.45) is 5.92 Å².